The van der Waals surface area contributed by atoms with Gasteiger partial charge >= 0.3 is 0 Å². The van der Waals surface area contributed by atoms with Gasteiger partial charge in [0.1, 0.15) is 5.92 Å². The molecule has 1 aliphatic rings. The molecule has 0 saturated carbocycles. The van der Waals surface area contributed by atoms with Crippen molar-refractivity contribution in [2.24, 2.45) is 11.7 Å². The van der Waals surface area contributed by atoms with Crippen LogP contribution in [0.2, 0.25) is 0 Å². The second-order valence-electron chi connectivity index (χ2n) is 6.78. The van der Waals surface area contributed by atoms with E-state index in [4.69, 9.17) is 5.73 Å². The summed E-state index contributed by atoms with van der Waals surface area (Å²) in [4.78, 5) is 28.7. The molecule has 1 aliphatic heterocycles. The molecular formula is C21H23F2N3O2. The van der Waals surface area contributed by atoms with Crippen LogP contribution in [0, 0.1) is 17.6 Å². The van der Waals surface area contributed by atoms with Crippen LogP contribution in [-0.2, 0) is 16.0 Å². The summed E-state index contributed by atoms with van der Waals surface area (Å²) in [6, 6.07) is 13.1. The van der Waals surface area contributed by atoms with Crippen molar-refractivity contribution in [3.63, 3.8) is 0 Å². The van der Waals surface area contributed by atoms with Crippen molar-refractivity contribution in [3.8, 4) is 0 Å². The lowest BCUT2D eigenvalue weighted by molar-refractivity contribution is -0.139. The zero-order chi connectivity index (χ0) is 20.1. The minimum absolute atomic E-state index is 0.258. The summed E-state index contributed by atoms with van der Waals surface area (Å²) in [5.41, 5.74) is 7.01. The fourth-order valence-electron chi connectivity index (χ4n) is 3.44. The lowest BCUT2D eigenvalue weighted by Crippen LogP contribution is -2.43. The molecule has 2 aromatic rings. The molecule has 28 heavy (non-hydrogen) atoms. The maximum absolute atomic E-state index is 13.5. The van der Waals surface area contributed by atoms with Crippen LogP contribution < -0.4 is 10.6 Å². The number of rotatable bonds is 7. The molecule has 0 radical (unpaired) electrons. The van der Waals surface area contributed by atoms with E-state index in [1.807, 2.05) is 30.3 Å². The molecule has 2 N–H and O–H groups in total. The number of nitrogens with zero attached hydrogens (tertiary/aromatic N) is 2. The Morgan fingerprint density at radius 1 is 1.11 bits per heavy atom. The third-order valence-corrected chi connectivity index (χ3v) is 4.94. The van der Waals surface area contributed by atoms with E-state index in [1.54, 1.807) is 4.90 Å². The van der Waals surface area contributed by atoms with Crippen molar-refractivity contribution in [1.29, 1.82) is 0 Å². The van der Waals surface area contributed by atoms with Crippen LogP contribution >= 0.6 is 0 Å². The van der Waals surface area contributed by atoms with Crippen molar-refractivity contribution in [3.05, 3.63) is 65.7 Å². The van der Waals surface area contributed by atoms with E-state index in [0.29, 0.717) is 32.5 Å². The van der Waals surface area contributed by atoms with E-state index in [-0.39, 0.29) is 18.1 Å². The van der Waals surface area contributed by atoms with Crippen LogP contribution in [0.1, 0.15) is 12.0 Å². The van der Waals surface area contributed by atoms with E-state index in [2.05, 4.69) is 0 Å². The summed E-state index contributed by atoms with van der Waals surface area (Å²) in [6.07, 6.45) is 1.00. The first-order valence-electron chi connectivity index (χ1n) is 9.30. The molecule has 0 spiro atoms. The van der Waals surface area contributed by atoms with Gasteiger partial charge in [0, 0.05) is 37.9 Å². The topological polar surface area (TPSA) is 66.6 Å². The first kappa shape index (κ1) is 19.9. The number of nitrogens with two attached hydrogens (primary N) is 1. The van der Waals surface area contributed by atoms with Crippen LogP contribution in [0.3, 0.4) is 0 Å². The van der Waals surface area contributed by atoms with Gasteiger partial charge in [0.25, 0.3) is 0 Å². The molecule has 0 bridgehead atoms. The number of halogens is 2. The van der Waals surface area contributed by atoms with Crippen LogP contribution in [0.4, 0.5) is 14.5 Å². The van der Waals surface area contributed by atoms with Gasteiger partial charge in [-0.3, -0.25) is 9.59 Å². The fourth-order valence-corrected chi connectivity index (χ4v) is 3.44. The number of carbonyl (C=O) groups excluding carboxylic acids is 2. The normalized spacial score (nSPS) is 16.5. The molecule has 0 aliphatic carbocycles. The second kappa shape index (κ2) is 8.93. The van der Waals surface area contributed by atoms with Crippen molar-refractivity contribution < 1.29 is 18.4 Å². The van der Waals surface area contributed by atoms with Crippen LogP contribution in [0.5, 0.6) is 0 Å². The number of hydrogen-bond acceptors (Lipinski definition) is 3. The lowest BCUT2D eigenvalue weighted by atomic mass is 10.1. The van der Waals surface area contributed by atoms with Gasteiger partial charge in [-0.1, -0.05) is 30.3 Å². The highest BCUT2D eigenvalue weighted by Crippen LogP contribution is 2.27. The van der Waals surface area contributed by atoms with Gasteiger partial charge in [-0.2, -0.15) is 0 Å². The monoisotopic (exact) mass is 387 g/mol. The molecule has 0 aromatic heterocycles. The Bertz CT molecular complexity index is 845. The maximum Gasteiger partial charge on any atom is 0.239 e. The Morgan fingerprint density at radius 3 is 2.54 bits per heavy atom. The predicted molar refractivity (Wildman–Crippen MR) is 103 cm³/mol. The molecular weight excluding hydrogens is 364 g/mol. The first-order valence-corrected chi connectivity index (χ1v) is 9.30. The Balaban J connectivity index is 1.69. The first-order chi connectivity index (χ1) is 13.5. The quantitative estimate of drug-likeness (QED) is 0.742. The van der Waals surface area contributed by atoms with Crippen molar-refractivity contribution in [1.82, 2.24) is 4.90 Å². The average molecular weight is 387 g/mol. The van der Waals surface area contributed by atoms with Crippen LogP contribution in [0.15, 0.2) is 48.5 Å². The van der Waals surface area contributed by atoms with Crippen molar-refractivity contribution in [2.45, 2.75) is 12.8 Å². The van der Waals surface area contributed by atoms with Gasteiger partial charge in [0.15, 0.2) is 11.6 Å². The minimum Gasteiger partial charge on any atom is -0.340 e. The fraction of sp³-hybridized carbons (Fsp3) is 0.333. The van der Waals surface area contributed by atoms with Gasteiger partial charge in [0.05, 0.1) is 0 Å². The van der Waals surface area contributed by atoms with E-state index in [1.165, 1.54) is 11.0 Å². The molecule has 1 atom stereocenters. The zero-order valence-corrected chi connectivity index (χ0v) is 15.5. The second-order valence-corrected chi connectivity index (χ2v) is 6.78. The highest BCUT2D eigenvalue weighted by molar-refractivity contribution is 6.09. The summed E-state index contributed by atoms with van der Waals surface area (Å²) >= 11 is 0. The molecule has 7 heteroatoms. The predicted octanol–water partition coefficient (Wildman–Crippen LogP) is 2.35. The largest absolute Gasteiger partial charge is 0.340 e. The minimum atomic E-state index is -1.02. The van der Waals surface area contributed by atoms with Crippen LogP contribution in [-0.4, -0.2) is 42.9 Å². The van der Waals surface area contributed by atoms with E-state index < -0.39 is 23.5 Å². The summed E-state index contributed by atoms with van der Waals surface area (Å²) in [5.74, 6) is -3.48. The van der Waals surface area contributed by atoms with Gasteiger partial charge in [-0.25, -0.2) is 8.78 Å². The number of hydrogen-bond donors (Lipinski definition) is 1. The molecule has 1 saturated heterocycles. The average Bonchev–Trinajstić information content (AvgIpc) is 3.09. The van der Waals surface area contributed by atoms with Crippen molar-refractivity contribution in [2.75, 3.05) is 31.1 Å². The summed E-state index contributed by atoms with van der Waals surface area (Å²) in [6.45, 7) is 1.42. The molecule has 1 heterocycles. The number of benzene rings is 2. The maximum atomic E-state index is 13.5. The standard InChI is InChI=1S/C21H23F2N3O2/c22-18-7-6-16(14-19(18)23)26-12-9-17(21(26)28)20(27)25(13-10-24)11-8-15-4-2-1-3-5-15/h1-7,14,17H,8-13,24H2. The Morgan fingerprint density at radius 2 is 1.86 bits per heavy atom. The van der Waals surface area contributed by atoms with Crippen LogP contribution in [0.25, 0.3) is 0 Å². The Kier molecular flexibility index (Phi) is 6.36. The van der Waals surface area contributed by atoms with Gasteiger partial charge in [0.2, 0.25) is 11.8 Å². The van der Waals surface area contributed by atoms with E-state index in [9.17, 15) is 18.4 Å². The number of anilines is 1. The summed E-state index contributed by atoms with van der Waals surface area (Å²) in [5, 5.41) is 0. The van der Waals surface area contributed by atoms with Gasteiger partial charge < -0.3 is 15.5 Å². The number of carbonyl (C=O) groups is 2. The molecule has 5 nitrogen and oxygen atoms in total. The highest BCUT2D eigenvalue weighted by Gasteiger charge is 2.39. The molecule has 1 fully saturated rings. The van der Waals surface area contributed by atoms with Gasteiger partial charge in [-0.15, -0.1) is 0 Å². The van der Waals surface area contributed by atoms with Crippen molar-refractivity contribution >= 4 is 17.5 Å². The summed E-state index contributed by atoms with van der Waals surface area (Å²) < 4.78 is 26.7. The third-order valence-electron chi connectivity index (χ3n) is 4.94. The lowest BCUT2D eigenvalue weighted by Gasteiger charge is -2.25. The summed E-state index contributed by atoms with van der Waals surface area (Å²) in [7, 11) is 0. The Hall–Kier alpha value is -2.80. The smallest absolute Gasteiger partial charge is 0.239 e. The molecule has 3 rings (SSSR count). The van der Waals surface area contributed by atoms with E-state index >= 15 is 0 Å². The molecule has 2 amide bonds. The van der Waals surface area contributed by atoms with E-state index in [0.717, 1.165) is 17.7 Å². The van der Waals surface area contributed by atoms with Gasteiger partial charge in [-0.05, 0) is 30.5 Å². The third kappa shape index (κ3) is 4.36. The molecule has 148 valence electrons. The Labute approximate surface area is 162 Å². The molecule has 1 unspecified atom stereocenters. The SMILES string of the molecule is NCCN(CCc1ccccc1)C(=O)C1CCN(c2ccc(F)c(F)c2)C1=O. The number of amides is 2. The highest BCUT2D eigenvalue weighted by atomic mass is 19.2. The molecule has 2 aromatic carbocycles. The zero-order valence-electron chi connectivity index (χ0n) is 15.5.